The van der Waals surface area contributed by atoms with E-state index < -0.39 is 10.0 Å². The summed E-state index contributed by atoms with van der Waals surface area (Å²) < 4.78 is 34.4. The Labute approximate surface area is 194 Å². The highest BCUT2D eigenvalue weighted by molar-refractivity contribution is 7.89. The third kappa shape index (κ3) is 3.83. The molecule has 1 amide bonds. The van der Waals surface area contributed by atoms with E-state index in [4.69, 9.17) is 4.52 Å². The fourth-order valence-corrected chi connectivity index (χ4v) is 6.38. The van der Waals surface area contributed by atoms with E-state index in [-0.39, 0.29) is 36.2 Å². The number of fused-ring (bicyclic) bond motifs is 1. The molecule has 1 aliphatic rings. The van der Waals surface area contributed by atoms with Gasteiger partial charge in [-0.05, 0) is 26.0 Å². The van der Waals surface area contributed by atoms with Crippen molar-refractivity contribution in [1.29, 1.82) is 0 Å². The maximum absolute atomic E-state index is 13.2. The van der Waals surface area contributed by atoms with Crippen molar-refractivity contribution in [3.63, 3.8) is 0 Å². The summed E-state index contributed by atoms with van der Waals surface area (Å²) in [5, 5.41) is 5.66. The van der Waals surface area contributed by atoms with Gasteiger partial charge in [-0.2, -0.15) is 4.31 Å². The molecule has 1 aromatic carbocycles. The Morgan fingerprint density at radius 2 is 1.91 bits per heavy atom. The predicted octanol–water partition coefficient (Wildman–Crippen LogP) is 2.30. The highest BCUT2D eigenvalue weighted by atomic mass is 32.2. The number of benzene rings is 1. The summed E-state index contributed by atoms with van der Waals surface area (Å²) in [5.41, 5.74) is 4.45. The molecule has 1 saturated heterocycles. The fraction of sp³-hybridized carbons (Fsp3) is 0.333. The largest absolute Gasteiger partial charge is 0.360 e. The summed E-state index contributed by atoms with van der Waals surface area (Å²) in [6.45, 7) is 4.33. The Bertz CT molecular complexity index is 1400. The average Bonchev–Trinajstić information content (AvgIpc) is 3.53. The van der Waals surface area contributed by atoms with Crippen molar-refractivity contribution in [2.45, 2.75) is 25.3 Å². The number of thiazole rings is 1. The quantitative estimate of drug-likeness (QED) is 0.425. The second kappa shape index (κ2) is 8.36. The average molecular weight is 487 g/mol. The molecule has 3 aromatic heterocycles. The number of para-hydroxylation sites is 2. The van der Waals surface area contributed by atoms with Gasteiger partial charge < -0.3 is 14.0 Å². The molecule has 0 atom stereocenters. The fourth-order valence-electron chi connectivity index (χ4n) is 4.14. The van der Waals surface area contributed by atoms with E-state index in [0.717, 1.165) is 16.7 Å². The summed E-state index contributed by atoms with van der Waals surface area (Å²) in [4.78, 5) is 24.0. The van der Waals surface area contributed by atoms with Crippen LogP contribution >= 0.6 is 11.3 Å². The molecule has 0 saturated carbocycles. The Kier molecular flexibility index (Phi) is 5.51. The number of sulfonamides is 1. The van der Waals surface area contributed by atoms with E-state index in [9.17, 15) is 13.2 Å². The molecule has 1 fully saturated rings. The number of piperazine rings is 1. The van der Waals surface area contributed by atoms with Gasteiger partial charge in [-0.3, -0.25) is 4.79 Å². The smallest absolute Gasteiger partial charge is 0.248 e. The molecule has 172 valence electrons. The van der Waals surface area contributed by atoms with Crippen LogP contribution in [-0.4, -0.2) is 69.4 Å². The van der Waals surface area contributed by atoms with Crippen LogP contribution in [0.3, 0.4) is 0 Å². The third-order valence-corrected chi connectivity index (χ3v) is 8.50. The molecule has 0 aliphatic carbocycles. The van der Waals surface area contributed by atoms with Gasteiger partial charge in [0.05, 0.1) is 16.5 Å². The maximum Gasteiger partial charge on any atom is 0.248 e. The lowest BCUT2D eigenvalue weighted by Gasteiger charge is -2.34. The van der Waals surface area contributed by atoms with Crippen LogP contribution < -0.4 is 0 Å². The van der Waals surface area contributed by atoms with Crippen molar-refractivity contribution in [1.82, 2.24) is 28.9 Å². The number of carbonyl (C=O) groups excluding carboxylic acids is 1. The molecule has 10 nitrogen and oxygen atoms in total. The molecule has 0 bridgehead atoms. The lowest BCUT2D eigenvalue weighted by molar-refractivity contribution is -0.132. The Balaban J connectivity index is 1.34. The van der Waals surface area contributed by atoms with E-state index in [1.165, 1.54) is 15.6 Å². The summed E-state index contributed by atoms with van der Waals surface area (Å²) in [7, 11) is -3.73. The van der Waals surface area contributed by atoms with E-state index in [0.29, 0.717) is 24.6 Å². The van der Waals surface area contributed by atoms with Crippen molar-refractivity contribution in [3.8, 4) is 11.5 Å². The lowest BCUT2D eigenvalue weighted by atomic mass is 10.3. The Morgan fingerprint density at radius 3 is 2.58 bits per heavy atom. The molecular formula is C21H22N6O4S2. The molecule has 5 rings (SSSR count). The van der Waals surface area contributed by atoms with Gasteiger partial charge in [-0.15, -0.1) is 11.3 Å². The minimum Gasteiger partial charge on any atom is -0.360 e. The normalized spacial score (nSPS) is 15.4. The number of amides is 1. The van der Waals surface area contributed by atoms with Crippen molar-refractivity contribution in [3.05, 3.63) is 46.6 Å². The highest BCUT2D eigenvalue weighted by Crippen LogP contribution is 2.26. The molecule has 4 aromatic rings. The number of carbonyl (C=O) groups is 1. The van der Waals surface area contributed by atoms with Crippen LogP contribution in [0.4, 0.5) is 0 Å². The first-order chi connectivity index (χ1) is 15.9. The number of nitrogens with zero attached hydrogens (tertiary/aromatic N) is 6. The van der Waals surface area contributed by atoms with Gasteiger partial charge in [0.2, 0.25) is 15.9 Å². The first kappa shape index (κ1) is 21.7. The molecular weight excluding hydrogens is 464 g/mol. The van der Waals surface area contributed by atoms with Gasteiger partial charge in [0.15, 0.2) is 11.6 Å². The van der Waals surface area contributed by atoms with Gasteiger partial charge in [-0.1, -0.05) is 17.3 Å². The van der Waals surface area contributed by atoms with Crippen LogP contribution in [0.1, 0.15) is 11.5 Å². The molecule has 0 spiro atoms. The van der Waals surface area contributed by atoms with Gasteiger partial charge in [-0.25, -0.2) is 18.4 Å². The van der Waals surface area contributed by atoms with E-state index >= 15 is 0 Å². The van der Waals surface area contributed by atoms with Gasteiger partial charge in [0.1, 0.15) is 22.8 Å². The second-order valence-electron chi connectivity index (χ2n) is 7.82. The first-order valence-corrected chi connectivity index (χ1v) is 12.8. The summed E-state index contributed by atoms with van der Waals surface area (Å²) in [5.74, 6) is 0.821. The molecule has 4 heterocycles. The molecule has 33 heavy (non-hydrogen) atoms. The molecule has 12 heteroatoms. The predicted molar refractivity (Wildman–Crippen MR) is 122 cm³/mol. The number of hydrogen-bond donors (Lipinski definition) is 0. The first-order valence-electron chi connectivity index (χ1n) is 10.4. The lowest BCUT2D eigenvalue weighted by Crippen LogP contribution is -2.51. The topological polar surface area (TPSA) is 114 Å². The zero-order valence-electron chi connectivity index (χ0n) is 18.1. The molecule has 1 aliphatic heterocycles. The van der Waals surface area contributed by atoms with E-state index in [1.54, 1.807) is 24.3 Å². The van der Waals surface area contributed by atoms with Gasteiger partial charge in [0.25, 0.3) is 0 Å². The second-order valence-corrected chi connectivity index (χ2v) is 10.4. The zero-order chi connectivity index (χ0) is 23.2. The number of aromatic nitrogens is 4. The highest BCUT2D eigenvalue weighted by Gasteiger charge is 2.34. The monoisotopic (exact) mass is 486 g/mol. The number of aryl methyl sites for hydroxylation is 2. The standard InChI is InChI=1S/C21H22N6O4S2/c1-14-20(15(2)31-24-14)33(29,30)26-9-7-25(8-10-26)19(28)11-27-18-6-4-3-5-16(18)23-21(27)17-12-32-13-22-17/h3-6,12-13H,7-11H2,1-2H3. The summed E-state index contributed by atoms with van der Waals surface area (Å²) in [6.07, 6.45) is 0. The van der Waals surface area contributed by atoms with Crippen molar-refractivity contribution in [2.24, 2.45) is 0 Å². The van der Waals surface area contributed by atoms with E-state index in [1.807, 2.05) is 34.2 Å². The number of imidazole rings is 1. The van der Waals surface area contributed by atoms with Crippen molar-refractivity contribution >= 4 is 38.3 Å². The van der Waals surface area contributed by atoms with Crippen LogP contribution in [0.2, 0.25) is 0 Å². The van der Waals surface area contributed by atoms with Crippen LogP contribution in [0.5, 0.6) is 0 Å². The minimum absolute atomic E-state index is 0.0935. The number of rotatable bonds is 5. The molecule has 0 radical (unpaired) electrons. The summed E-state index contributed by atoms with van der Waals surface area (Å²) >= 11 is 1.47. The number of hydrogen-bond acceptors (Lipinski definition) is 8. The maximum atomic E-state index is 13.2. The van der Waals surface area contributed by atoms with Crippen molar-refractivity contribution < 1.29 is 17.7 Å². The minimum atomic E-state index is -3.73. The zero-order valence-corrected chi connectivity index (χ0v) is 19.8. The molecule has 0 unspecified atom stereocenters. The van der Waals surface area contributed by atoms with Crippen LogP contribution in [0.15, 0.2) is 44.6 Å². The van der Waals surface area contributed by atoms with Crippen LogP contribution in [0.25, 0.3) is 22.6 Å². The van der Waals surface area contributed by atoms with E-state index in [2.05, 4.69) is 15.1 Å². The Morgan fingerprint density at radius 1 is 1.15 bits per heavy atom. The summed E-state index contributed by atoms with van der Waals surface area (Å²) in [6, 6.07) is 7.66. The van der Waals surface area contributed by atoms with Crippen LogP contribution in [0, 0.1) is 13.8 Å². The van der Waals surface area contributed by atoms with Gasteiger partial charge in [0, 0.05) is 31.6 Å². The van der Waals surface area contributed by atoms with Crippen LogP contribution in [-0.2, 0) is 21.4 Å². The third-order valence-electron chi connectivity index (χ3n) is 5.77. The van der Waals surface area contributed by atoms with Gasteiger partial charge >= 0.3 is 0 Å². The SMILES string of the molecule is Cc1noc(C)c1S(=O)(=O)N1CCN(C(=O)Cn2c(-c3cscn3)nc3ccccc32)CC1. The Hall–Kier alpha value is -3.09. The van der Waals surface area contributed by atoms with Crippen molar-refractivity contribution in [2.75, 3.05) is 26.2 Å². The molecule has 0 N–H and O–H groups in total.